The Morgan fingerprint density at radius 2 is 2.20 bits per heavy atom. The first kappa shape index (κ1) is 12.4. The van der Waals surface area contributed by atoms with Crippen LogP contribution in [0.15, 0.2) is 0 Å². The van der Waals surface area contributed by atoms with Crippen molar-refractivity contribution in [2.45, 2.75) is 32.2 Å². The van der Waals surface area contributed by atoms with Crippen LogP contribution in [0.5, 0.6) is 0 Å². The summed E-state index contributed by atoms with van der Waals surface area (Å²) in [5, 5.41) is 11.3. The monoisotopic (exact) mass is 231 g/mol. The van der Waals surface area contributed by atoms with Gasteiger partial charge in [-0.05, 0) is 36.7 Å². The van der Waals surface area contributed by atoms with Crippen molar-refractivity contribution in [2.24, 2.45) is 5.92 Å². The molecule has 2 N–H and O–H groups in total. The van der Waals surface area contributed by atoms with Gasteiger partial charge in [0.25, 0.3) is 0 Å². The molecule has 1 unspecified atom stereocenters. The summed E-state index contributed by atoms with van der Waals surface area (Å²) >= 11 is 1.78. The first-order chi connectivity index (χ1) is 7.09. The van der Waals surface area contributed by atoms with E-state index in [0.717, 1.165) is 17.4 Å². The lowest BCUT2D eigenvalue weighted by Crippen LogP contribution is -2.39. The molecule has 1 amide bonds. The van der Waals surface area contributed by atoms with Crippen molar-refractivity contribution in [3.63, 3.8) is 0 Å². The van der Waals surface area contributed by atoms with Gasteiger partial charge >= 0.3 is 5.97 Å². The van der Waals surface area contributed by atoms with Crippen molar-refractivity contribution in [3.05, 3.63) is 0 Å². The van der Waals surface area contributed by atoms with Gasteiger partial charge in [0, 0.05) is 6.92 Å². The molecule has 1 rings (SSSR count). The zero-order chi connectivity index (χ0) is 11.3. The molecule has 0 heterocycles. The van der Waals surface area contributed by atoms with Gasteiger partial charge in [-0.15, -0.1) is 0 Å². The SMILES string of the molecule is CC(=O)NC(CCSCC1CC1)C(=O)O. The van der Waals surface area contributed by atoms with E-state index in [4.69, 9.17) is 5.11 Å². The van der Waals surface area contributed by atoms with Crippen LogP contribution in [0.4, 0.5) is 0 Å². The van der Waals surface area contributed by atoms with Crippen LogP contribution in [-0.2, 0) is 9.59 Å². The lowest BCUT2D eigenvalue weighted by molar-refractivity contribution is -0.141. The normalized spacial score (nSPS) is 17.1. The van der Waals surface area contributed by atoms with Crippen LogP contribution >= 0.6 is 11.8 Å². The maximum absolute atomic E-state index is 10.8. The van der Waals surface area contributed by atoms with Gasteiger partial charge in [0.05, 0.1) is 0 Å². The standard InChI is InChI=1S/C10H17NO3S/c1-7(12)11-9(10(13)14)4-5-15-6-8-2-3-8/h8-9H,2-6H2,1H3,(H,11,12)(H,13,14). The van der Waals surface area contributed by atoms with E-state index in [-0.39, 0.29) is 5.91 Å². The van der Waals surface area contributed by atoms with Crippen molar-refractivity contribution in [1.82, 2.24) is 5.32 Å². The van der Waals surface area contributed by atoms with E-state index in [0.29, 0.717) is 6.42 Å². The Balaban J connectivity index is 2.12. The van der Waals surface area contributed by atoms with Crippen LogP contribution in [0.3, 0.4) is 0 Å². The van der Waals surface area contributed by atoms with Crippen LogP contribution in [-0.4, -0.2) is 34.5 Å². The number of aliphatic carboxylic acids is 1. The highest BCUT2D eigenvalue weighted by molar-refractivity contribution is 7.99. The third-order valence-corrected chi connectivity index (χ3v) is 3.51. The molecule has 0 spiro atoms. The molecule has 0 radical (unpaired) electrons. The van der Waals surface area contributed by atoms with E-state index in [1.54, 1.807) is 11.8 Å². The molecule has 1 atom stereocenters. The minimum absolute atomic E-state index is 0.283. The van der Waals surface area contributed by atoms with Gasteiger partial charge in [0.15, 0.2) is 0 Å². The number of carboxylic acids is 1. The molecule has 1 fully saturated rings. The number of rotatable bonds is 7. The predicted octanol–water partition coefficient (Wildman–Crippen LogP) is 1.11. The molecule has 1 aliphatic carbocycles. The molecule has 0 aromatic carbocycles. The van der Waals surface area contributed by atoms with Crippen LogP contribution in [0.1, 0.15) is 26.2 Å². The Hall–Kier alpha value is -0.710. The van der Waals surface area contributed by atoms with E-state index >= 15 is 0 Å². The van der Waals surface area contributed by atoms with E-state index in [2.05, 4.69) is 5.32 Å². The average molecular weight is 231 g/mol. The van der Waals surface area contributed by atoms with E-state index < -0.39 is 12.0 Å². The van der Waals surface area contributed by atoms with Gasteiger partial charge in [0.1, 0.15) is 6.04 Å². The number of carbonyl (C=O) groups is 2. The second-order valence-electron chi connectivity index (χ2n) is 3.90. The third kappa shape index (κ3) is 5.67. The third-order valence-electron chi connectivity index (χ3n) is 2.28. The van der Waals surface area contributed by atoms with Gasteiger partial charge in [-0.2, -0.15) is 11.8 Å². The number of hydrogen-bond acceptors (Lipinski definition) is 3. The average Bonchev–Trinajstić information content (AvgIpc) is 2.93. The summed E-state index contributed by atoms with van der Waals surface area (Å²) in [6, 6.07) is -0.728. The summed E-state index contributed by atoms with van der Waals surface area (Å²) in [5.41, 5.74) is 0. The molecule has 0 aromatic rings. The molecular weight excluding hydrogens is 214 g/mol. The van der Waals surface area contributed by atoms with Gasteiger partial charge in [0.2, 0.25) is 5.91 Å². The van der Waals surface area contributed by atoms with Gasteiger partial charge in [-0.1, -0.05) is 0 Å². The number of nitrogens with one attached hydrogen (secondary N) is 1. The molecule has 0 aliphatic heterocycles. The van der Waals surface area contributed by atoms with Crippen molar-refractivity contribution in [1.29, 1.82) is 0 Å². The number of carbonyl (C=O) groups excluding carboxylic acids is 1. The molecule has 5 heteroatoms. The lowest BCUT2D eigenvalue weighted by atomic mass is 10.2. The first-order valence-corrected chi connectivity index (χ1v) is 6.32. The number of hydrogen-bond donors (Lipinski definition) is 2. The minimum atomic E-state index is -0.947. The van der Waals surface area contributed by atoms with Crippen molar-refractivity contribution < 1.29 is 14.7 Å². The Kier molecular flexibility index (Phi) is 4.94. The molecule has 0 saturated heterocycles. The molecule has 1 aliphatic rings. The first-order valence-electron chi connectivity index (χ1n) is 5.17. The molecule has 0 aromatic heterocycles. The number of amides is 1. The van der Waals surface area contributed by atoms with Gasteiger partial charge in [-0.3, -0.25) is 4.79 Å². The molecule has 15 heavy (non-hydrogen) atoms. The second-order valence-corrected chi connectivity index (χ2v) is 5.05. The molecule has 86 valence electrons. The second kappa shape index (κ2) is 6.00. The summed E-state index contributed by atoms with van der Waals surface area (Å²) < 4.78 is 0. The topological polar surface area (TPSA) is 66.4 Å². The quantitative estimate of drug-likeness (QED) is 0.644. The largest absolute Gasteiger partial charge is 0.480 e. The fraction of sp³-hybridized carbons (Fsp3) is 0.800. The van der Waals surface area contributed by atoms with Crippen molar-refractivity contribution >= 4 is 23.6 Å². The molecule has 4 nitrogen and oxygen atoms in total. The molecule has 0 bridgehead atoms. The van der Waals surface area contributed by atoms with Crippen LogP contribution < -0.4 is 5.32 Å². The van der Waals surface area contributed by atoms with E-state index in [9.17, 15) is 9.59 Å². The van der Waals surface area contributed by atoms with Crippen molar-refractivity contribution in [3.8, 4) is 0 Å². The van der Waals surface area contributed by atoms with Gasteiger partial charge < -0.3 is 10.4 Å². The van der Waals surface area contributed by atoms with Crippen LogP contribution in [0, 0.1) is 5.92 Å². The summed E-state index contributed by atoms with van der Waals surface area (Å²) in [7, 11) is 0. The minimum Gasteiger partial charge on any atom is -0.480 e. The Bertz CT molecular complexity index is 241. The maximum atomic E-state index is 10.8. The highest BCUT2D eigenvalue weighted by atomic mass is 32.2. The highest BCUT2D eigenvalue weighted by Crippen LogP contribution is 2.32. The van der Waals surface area contributed by atoms with Crippen LogP contribution in [0.2, 0.25) is 0 Å². The Morgan fingerprint density at radius 1 is 1.53 bits per heavy atom. The van der Waals surface area contributed by atoms with Crippen molar-refractivity contribution in [2.75, 3.05) is 11.5 Å². The fourth-order valence-corrected chi connectivity index (χ4v) is 2.47. The predicted molar refractivity (Wildman–Crippen MR) is 59.9 cm³/mol. The smallest absolute Gasteiger partial charge is 0.326 e. The van der Waals surface area contributed by atoms with Gasteiger partial charge in [-0.25, -0.2) is 4.79 Å². The summed E-state index contributed by atoms with van der Waals surface area (Å²) in [6.45, 7) is 1.34. The molecular formula is C10H17NO3S. The number of carboxylic acid groups (broad SMARTS) is 1. The highest BCUT2D eigenvalue weighted by Gasteiger charge is 2.22. The molecule has 1 saturated carbocycles. The fourth-order valence-electron chi connectivity index (χ4n) is 1.24. The summed E-state index contributed by atoms with van der Waals surface area (Å²) in [4.78, 5) is 21.5. The zero-order valence-corrected chi connectivity index (χ0v) is 9.68. The summed E-state index contributed by atoms with van der Waals surface area (Å²) in [5.74, 6) is 1.56. The number of thioether (sulfide) groups is 1. The zero-order valence-electron chi connectivity index (χ0n) is 8.86. The Morgan fingerprint density at radius 3 is 2.67 bits per heavy atom. The summed E-state index contributed by atoms with van der Waals surface area (Å²) in [6.07, 6.45) is 3.15. The Labute approximate surface area is 93.8 Å². The lowest BCUT2D eigenvalue weighted by Gasteiger charge is -2.12. The van der Waals surface area contributed by atoms with E-state index in [1.165, 1.54) is 19.8 Å². The van der Waals surface area contributed by atoms with E-state index in [1.807, 2.05) is 0 Å². The maximum Gasteiger partial charge on any atom is 0.326 e. The van der Waals surface area contributed by atoms with Crippen LogP contribution in [0.25, 0.3) is 0 Å².